The summed E-state index contributed by atoms with van der Waals surface area (Å²) in [5.41, 5.74) is 1.10. The number of carbonyl (C=O) groups is 1. The van der Waals surface area contributed by atoms with Gasteiger partial charge in [0.1, 0.15) is 0 Å². The van der Waals surface area contributed by atoms with E-state index in [9.17, 15) is 14.9 Å². The molecule has 1 aliphatic heterocycles. The monoisotopic (exact) mass is 389 g/mol. The lowest BCUT2D eigenvalue weighted by molar-refractivity contribution is -0.914. The summed E-state index contributed by atoms with van der Waals surface area (Å²) in [4.78, 5) is 27.6. The van der Waals surface area contributed by atoms with Crippen LogP contribution in [0.3, 0.4) is 0 Å². The smallest absolute Gasteiger partial charge is 0.278 e. The molecule has 3 rings (SSSR count). The van der Waals surface area contributed by atoms with E-state index in [-0.39, 0.29) is 22.6 Å². The molecule has 0 bridgehead atoms. The van der Waals surface area contributed by atoms with E-state index in [4.69, 9.17) is 0 Å². The predicted molar refractivity (Wildman–Crippen MR) is 107 cm³/mol. The van der Waals surface area contributed by atoms with Gasteiger partial charge in [-0.1, -0.05) is 6.07 Å². The molecule has 8 heteroatoms. The molecule has 0 unspecified atom stereocenters. The van der Waals surface area contributed by atoms with E-state index in [1.165, 1.54) is 21.9 Å². The van der Waals surface area contributed by atoms with E-state index in [0.29, 0.717) is 6.54 Å². The highest BCUT2D eigenvalue weighted by Gasteiger charge is 2.29. The minimum atomic E-state index is -0.384. The summed E-state index contributed by atoms with van der Waals surface area (Å²) in [6.07, 6.45) is 0.874. The third-order valence-corrected chi connectivity index (χ3v) is 6.02. The molecule has 2 aromatic rings. The summed E-state index contributed by atoms with van der Waals surface area (Å²) in [6, 6.07) is 10.7. The number of nitro benzene ring substituents is 1. The molecule has 1 aromatic carbocycles. The van der Waals surface area contributed by atoms with Gasteiger partial charge in [0, 0.05) is 29.2 Å². The van der Waals surface area contributed by atoms with Gasteiger partial charge in [0.15, 0.2) is 6.04 Å². The molecule has 2 N–H and O–H groups in total. The second kappa shape index (κ2) is 8.96. The van der Waals surface area contributed by atoms with Gasteiger partial charge in [0.2, 0.25) is 0 Å². The molecule has 1 fully saturated rings. The highest BCUT2D eigenvalue weighted by atomic mass is 32.1. The third kappa shape index (κ3) is 5.05. The minimum Gasteiger partial charge on any atom is -0.360 e. The number of nitro groups is 1. The van der Waals surface area contributed by atoms with Gasteiger partial charge in [-0.25, -0.2) is 0 Å². The summed E-state index contributed by atoms with van der Waals surface area (Å²) in [5.74, 6) is 0.102. The second-order valence-electron chi connectivity index (χ2n) is 6.76. The molecule has 144 valence electrons. The summed E-state index contributed by atoms with van der Waals surface area (Å²) in [5, 5.41) is 15.9. The lowest BCUT2D eigenvalue weighted by Gasteiger charge is -2.36. The zero-order chi connectivity index (χ0) is 19.2. The molecule has 1 saturated heterocycles. The fourth-order valence-corrected chi connectivity index (χ4v) is 4.08. The quantitative estimate of drug-likeness (QED) is 0.549. The van der Waals surface area contributed by atoms with Crippen LogP contribution in [-0.4, -0.2) is 49.6 Å². The number of quaternary nitrogens is 1. The van der Waals surface area contributed by atoms with Crippen molar-refractivity contribution < 1.29 is 14.6 Å². The molecule has 0 spiro atoms. The van der Waals surface area contributed by atoms with Gasteiger partial charge in [-0.15, -0.1) is 11.3 Å². The maximum Gasteiger partial charge on any atom is 0.278 e. The highest BCUT2D eigenvalue weighted by molar-refractivity contribution is 7.09. The Hall–Kier alpha value is -2.45. The number of hydrogen-bond donors (Lipinski definition) is 2. The molecule has 7 nitrogen and oxygen atoms in total. The second-order valence-corrected chi connectivity index (χ2v) is 7.79. The van der Waals surface area contributed by atoms with Gasteiger partial charge >= 0.3 is 0 Å². The molecule has 0 radical (unpaired) electrons. The van der Waals surface area contributed by atoms with Crippen molar-refractivity contribution in [1.29, 1.82) is 0 Å². The average molecular weight is 390 g/mol. The molecule has 0 saturated carbocycles. The van der Waals surface area contributed by atoms with Crippen molar-refractivity contribution in [2.24, 2.45) is 0 Å². The number of nitrogens with zero attached hydrogens (tertiary/aromatic N) is 2. The van der Waals surface area contributed by atoms with Crippen molar-refractivity contribution >= 4 is 28.6 Å². The Labute approximate surface area is 162 Å². The largest absolute Gasteiger partial charge is 0.360 e. The van der Waals surface area contributed by atoms with E-state index in [1.807, 2.05) is 18.4 Å². The predicted octanol–water partition coefficient (Wildman–Crippen LogP) is 1.11. The summed E-state index contributed by atoms with van der Waals surface area (Å²) in [6.45, 7) is 6.07. The van der Waals surface area contributed by atoms with Crippen LogP contribution in [0.25, 0.3) is 0 Å². The van der Waals surface area contributed by atoms with Crippen LogP contribution in [0, 0.1) is 10.1 Å². The molecule has 2 heterocycles. The van der Waals surface area contributed by atoms with Crippen LogP contribution in [0.15, 0.2) is 41.8 Å². The fourth-order valence-electron chi connectivity index (χ4n) is 3.37. The van der Waals surface area contributed by atoms with Crippen LogP contribution in [0.4, 0.5) is 11.4 Å². The zero-order valence-electron chi connectivity index (χ0n) is 15.4. The van der Waals surface area contributed by atoms with E-state index < -0.39 is 0 Å². The molecule has 0 aliphatic carbocycles. The molecule has 27 heavy (non-hydrogen) atoms. The van der Waals surface area contributed by atoms with Crippen molar-refractivity contribution in [3.63, 3.8) is 0 Å². The number of nitrogens with one attached hydrogen (secondary N) is 2. The Kier molecular flexibility index (Phi) is 6.41. The van der Waals surface area contributed by atoms with Crippen LogP contribution < -0.4 is 15.1 Å². The van der Waals surface area contributed by atoms with Gasteiger partial charge in [-0.05, 0) is 36.9 Å². The number of rotatable bonds is 7. The molecule has 1 atom stereocenters. The Morgan fingerprint density at radius 2 is 2.00 bits per heavy atom. The number of non-ortho nitro benzene ring substituents is 1. The van der Waals surface area contributed by atoms with Crippen LogP contribution in [0.2, 0.25) is 0 Å². The number of anilines is 1. The number of carbonyl (C=O) groups excluding carboxylic acids is 1. The van der Waals surface area contributed by atoms with Crippen molar-refractivity contribution in [2.45, 2.75) is 19.4 Å². The summed E-state index contributed by atoms with van der Waals surface area (Å²) >= 11 is 1.71. The van der Waals surface area contributed by atoms with E-state index in [0.717, 1.165) is 38.3 Å². The van der Waals surface area contributed by atoms with Gasteiger partial charge in [0.25, 0.3) is 11.6 Å². The van der Waals surface area contributed by atoms with Crippen molar-refractivity contribution in [2.75, 3.05) is 37.6 Å². The summed E-state index contributed by atoms with van der Waals surface area (Å²) < 4.78 is 0. The normalized spacial score (nSPS) is 16.1. The standard InChI is InChI=1S/C19H24N4O3S/c1-15(19(24)20-9-8-18-3-2-14-27-18)21-10-12-22(13-11-21)16-4-6-17(7-5-16)23(25)26/h2-7,14-15H,8-13H2,1H3,(H,20,24)/p+1/t15-/m0/s1. The number of piperazine rings is 1. The van der Waals surface area contributed by atoms with E-state index in [1.54, 1.807) is 23.5 Å². The number of amides is 1. The van der Waals surface area contributed by atoms with Gasteiger partial charge in [-0.3, -0.25) is 14.9 Å². The Morgan fingerprint density at radius 3 is 2.59 bits per heavy atom. The number of hydrogen-bond acceptors (Lipinski definition) is 5. The van der Waals surface area contributed by atoms with Crippen LogP contribution in [0.1, 0.15) is 11.8 Å². The molecule has 1 amide bonds. The maximum absolute atomic E-state index is 12.4. The Bertz CT molecular complexity index is 756. The van der Waals surface area contributed by atoms with Gasteiger partial charge in [-0.2, -0.15) is 0 Å². The average Bonchev–Trinajstić information content (AvgIpc) is 3.21. The van der Waals surface area contributed by atoms with Crippen molar-refractivity contribution in [1.82, 2.24) is 5.32 Å². The zero-order valence-corrected chi connectivity index (χ0v) is 16.2. The fraction of sp³-hybridized carbons (Fsp3) is 0.421. The first-order chi connectivity index (χ1) is 13.0. The number of benzene rings is 1. The first kappa shape index (κ1) is 19.3. The molecule has 1 aromatic heterocycles. The molecular formula is C19H25N4O3S+. The highest BCUT2D eigenvalue weighted by Crippen LogP contribution is 2.19. The maximum atomic E-state index is 12.4. The minimum absolute atomic E-state index is 0.0765. The Balaban J connectivity index is 1.44. The van der Waals surface area contributed by atoms with E-state index in [2.05, 4.69) is 16.3 Å². The van der Waals surface area contributed by atoms with E-state index >= 15 is 0 Å². The SMILES string of the molecule is C[C@@H](C(=O)NCCc1cccs1)[NH+]1CCN(c2ccc([N+](=O)[O-])cc2)CC1. The van der Waals surface area contributed by atoms with Crippen LogP contribution in [-0.2, 0) is 11.2 Å². The van der Waals surface area contributed by atoms with Crippen LogP contribution in [0.5, 0.6) is 0 Å². The molecular weight excluding hydrogens is 364 g/mol. The lowest BCUT2D eigenvalue weighted by atomic mass is 10.2. The van der Waals surface area contributed by atoms with Gasteiger partial charge < -0.3 is 15.1 Å². The molecule has 1 aliphatic rings. The Morgan fingerprint density at radius 1 is 1.30 bits per heavy atom. The van der Waals surface area contributed by atoms with Gasteiger partial charge in [0.05, 0.1) is 31.1 Å². The van der Waals surface area contributed by atoms with Crippen LogP contribution >= 0.6 is 11.3 Å². The lowest BCUT2D eigenvalue weighted by Crippen LogP contribution is -3.19. The first-order valence-electron chi connectivity index (χ1n) is 9.18. The summed E-state index contributed by atoms with van der Waals surface area (Å²) in [7, 11) is 0. The topological polar surface area (TPSA) is 79.9 Å². The van der Waals surface area contributed by atoms with Crippen molar-refractivity contribution in [3.8, 4) is 0 Å². The third-order valence-electron chi connectivity index (χ3n) is 5.09. The van der Waals surface area contributed by atoms with Crippen molar-refractivity contribution in [3.05, 3.63) is 56.8 Å². The first-order valence-corrected chi connectivity index (χ1v) is 10.1. The number of thiophene rings is 1.